The molecule has 0 amide bonds. The molecule has 0 saturated heterocycles. The summed E-state index contributed by atoms with van der Waals surface area (Å²) in [6.07, 6.45) is -0.338. The van der Waals surface area contributed by atoms with Gasteiger partial charge < -0.3 is 14.4 Å². The second-order valence-electron chi connectivity index (χ2n) is 4.18. The zero-order chi connectivity index (χ0) is 14.5. The summed E-state index contributed by atoms with van der Waals surface area (Å²) in [5, 5.41) is 0. The van der Waals surface area contributed by atoms with Crippen LogP contribution in [0.4, 0.5) is 0 Å². The number of ether oxygens (including phenoxy) is 2. The molecule has 0 heterocycles. The summed E-state index contributed by atoms with van der Waals surface area (Å²) in [6, 6.07) is 8.58. The Morgan fingerprint density at radius 2 is 2.00 bits per heavy atom. The summed E-state index contributed by atoms with van der Waals surface area (Å²) in [6.45, 7) is 4.75. The number of esters is 1. The van der Waals surface area contributed by atoms with Crippen LogP contribution in [-0.2, 0) is 9.53 Å². The van der Waals surface area contributed by atoms with Gasteiger partial charge in [-0.05, 0) is 30.7 Å². The predicted octanol–water partition coefficient (Wildman–Crippen LogP) is 2.83. The van der Waals surface area contributed by atoms with E-state index in [1.165, 1.54) is 6.92 Å². The van der Waals surface area contributed by atoms with Crippen molar-refractivity contribution in [3.05, 3.63) is 30.3 Å². The van der Waals surface area contributed by atoms with Gasteiger partial charge in [0, 0.05) is 6.92 Å². The number of carbonyl (C=O) groups is 1. The molecule has 0 aliphatic carbocycles. The van der Waals surface area contributed by atoms with Gasteiger partial charge in [0.15, 0.2) is 11.2 Å². The number of hydrogen-bond acceptors (Lipinski definition) is 5. The fraction of sp³-hybridized carbons (Fsp3) is 0.417. The predicted molar refractivity (Wildman–Crippen MR) is 71.9 cm³/mol. The van der Waals surface area contributed by atoms with Crippen LogP contribution in [0.2, 0.25) is 0 Å². The molecule has 1 rings (SSSR count). The molecule has 0 spiro atoms. The van der Waals surface area contributed by atoms with Crippen LogP contribution in [0.15, 0.2) is 35.1 Å². The second-order valence-corrected chi connectivity index (χ2v) is 5.70. The first-order valence-electron chi connectivity index (χ1n) is 5.64. The van der Waals surface area contributed by atoms with Crippen LogP contribution in [0.3, 0.4) is 0 Å². The van der Waals surface area contributed by atoms with Crippen molar-refractivity contribution < 1.29 is 19.2 Å². The Balaban J connectivity index is 3.00. The molecule has 0 aromatic heterocycles. The Morgan fingerprint density at radius 1 is 1.42 bits per heavy atom. The SMILES string of the molecule is CC(C)OC(=O)[C@@](C)(N=[P+]([O-])Cl)Oc1ccccc1. The molecule has 0 aliphatic heterocycles. The van der Waals surface area contributed by atoms with Crippen molar-refractivity contribution in [3.63, 3.8) is 0 Å². The minimum absolute atomic E-state index is 0.338. The number of para-hydroxylation sites is 1. The van der Waals surface area contributed by atoms with E-state index in [0.717, 1.165) is 0 Å². The average molecular weight is 304 g/mol. The molecule has 0 radical (unpaired) electrons. The zero-order valence-electron chi connectivity index (χ0n) is 10.9. The smallest absolute Gasteiger partial charge is 0.378 e. The lowest BCUT2D eigenvalue weighted by molar-refractivity contribution is -0.167. The van der Waals surface area contributed by atoms with Gasteiger partial charge in [-0.2, -0.15) is 0 Å². The molecule has 1 aromatic carbocycles. The third-order valence-corrected chi connectivity index (χ3v) is 2.82. The van der Waals surface area contributed by atoms with Crippen molar-refractivity contribution in [1.29, 1.82) is 0 Å². The monoisotopic (exact) mass is 303 g/mol. The van der Waals surface area contributed by atoms with Crippen molar-refractivity contribution in [3.8, 4) is 5.75 Å². The van der Waals surface area contributed by atoms with E-state index in [1.54, 1.807) is 44.2 Å². The average Bonchev–Trinajstić information content (AvgIpc) is 2.28. The van der Waals surface area contributed by atoms with Crippen LogP contribution in [0.1, 0.15) is 20.8 Å². The number of benzene rings is 1. The molecule has 19 heavy (non-hydrogen) atoms. The Kier molecular flexibility index (Phi) is 5.73. The van der Waals surface area contributed by atoms with Crippen molar-refractivity contribution in [2.24, 2.45) is 4.74 Å². The lowest BCUT2D eigenvalue weighted by Gasteiger charge is -2.23. The molecule has 7 heteroatoms. The maximum atomic E-state index is 12.0. The van der Waals surface area contributed by atoms with Crippen LogP contribution < -0.4 is 9.63 Å². The highest BCUT2D eigenvalue weighted by molar-refractivity contribution is 7.69. The van der Waals surface area contributed by atoms with Gasteiger partial charge in [0.2, 0.25) is 0 Å². The molecule has 5 nitrogen and oxygen atoms in total. The summed E-state index contributed by atoms with van der Waals surface area (Å²) in [5.41, 5.74) is -1.74. The van der Waals surface area contributed by atoms with Crippen molar-refractivity contribution in [2.75, 3.05) is 0 Å². The number of nitrogens with zero attached hydrogens (tertiary/aromatic N) is 1. The Bertz CT molecular complexity index is 462. The fourth-order valence-corrected chi connectivity index (χ4v) is 2.15. The molecule has 0 fully saturated rings. The molecule has 104 valence electrons. The Labute approximate surface area is 117 Å². The van der Waals surface area contributed by atoms with E-state index in [9.17, 15) is 9.69 Å². The van der Waals surface area contributed by atoms with E-state index < -0.39 is 19.0 Å². The third-order valence-electron chi connectivity index (χ3n) is 2.05. The van der Waals surface area contributed by atoms with Gasteiger partial charge in [-0.25, -0.2) is 4.79 Å². The Morgan fingerprint density at radius 3 is 2.47 bits per heavy atom. The molecule has 0 saturated carbocycles. The van der Waals surface area contributed by atoms with E-state index in [4.69, 9.17) is 20.7 Å². The van der Waals surface area contributed by atoms with E-state index in [1.807, 2.05) is 0 Å². The lowest BCUT2D eigenvalue weighted by atomic mass is 10.2. The van der Waals surface area contributed by atoms with Gasteiger partial charge in [0.05, 0.1) is 6.10 Å². The summed E-state index contributed by atoms with van der Waals surface area (Å²) in [4.78, 5) is 23.1. The van der Waals surface area contributed by atoms with Crippen LogP contribution in [0, 0.1) is 0 Å². The molecular formula is C12H15ClNO4P. The van der Waals surface area contributed by atoms with Gasteiger partial charge in [0.1, 0.15) is 5.75 Å². The van der Waals surface area contributed by atoms with Gasteiger partial charge in [-0.15, -0.1) is 0 Å². The van der Waals surface area contributed by atoms with Crippen molar-refractivity contribution >= 4 is 24.5 Å². The van der Waals surface area contributed by atoms with Gasteiger partial charge in [0.25, 0.3) is 7.29 Å². The molecule has 0 N–H and O–H groups in total. The number of halogens is 1. The van der Waals surface area contributed by atoms with E-state index in [-0.39, 0.29) is 6.10 Å². The first-order valence-corrected chi connectivity index (χ1v) is 7.76. The third kappa shape index (κ3) is 5.15. The van der Waals surface area contributed by atoms with Crippen LogP contribution in [-0.4, -0.2) is 17.8 Å². The fourth-order valence-electron chi connectivity index (χ4n) is 1.29. The highest BCUT2D eigenvalue weighted by Gasteiger charge is 2.41. The minimum atomic E-state index is -2.42. The number of rotatable bonds is 5. The maximum absolute atomic E-state index is 12.0. The normalized spacial score (nSPS) is 14.9. The molecule has 0 bridgehead atoms. The summed E-state index contributed by atoms with van der Waals surface area (Å²) in [7, 11) is -2.42. The maximum Gasteiger partial charge on any atom is 0.378 e. The summed E-state index contributed by atoms with van der Waals surface area (Å²) >= 11 is 5.36. The van der Waals surface area contributed by atoms with E-state index in [0.29, 0.717) is 5.75 Å². The highest BCUT2D eigenvalue weighted by atomic mass is 35.7. The zero-order valence-corrected chi connectivity index (χ0v) is 12.5. The molecule has 0 aliphatic rings. The van der Waals surface area contributed by atoms with Crippen LogP contribution in [0.25, 0.3) is 0 Å². The molecule has 1 aromatic rings. The van der Waals surface area contributed by atoms with Crippen molar-refractivity contribution in [1.82, 2.24) is 0 Å². The van der Waals surface area contributed by atoms with E-state index in [2.05, 4.69) is 4.74 Å². The first kappa shape index (κ1) is 15.9. The van der Waals surface area contributed by atoms with Gasteiger partial charge in [-0.1, -0.05) is 18.2 Å². The van der Waals surface area contributed by atoms with Crippen LogP contribution in [0.5, 0.6) is 5.75 Å². The van der Waals surface area contributed by atoms with Gasteiger partial charge in [-0.3, -0.25) is 0 Å². The first-order chi connectivity index (χ1) is 8.83. The number of hydrogen-bond donors (Lipinski definition) is 0. The summed E-state index contributed by atoms with van der Waals surface area (Å²) < 4.78 is 14.1. The van der Waals surface area contributed by atoms with E-state index >= 15 is 0 Å². The topological polar surface area (TPSA) is 71.0 Å². The second kappa shape index (κ2) is 6.85. The standard InChI is InChI=1S/C12H15ClNO4P/c1-9(2)17-11(15)12(3,14-19(13)16)18-10-7-5-4-6-8-10/h4-9H,1-3H3/t12-/m0/s1. The minimum Gasteiger partial charge on any atom is -0.596 e. The molecule has 1 unspecified atom stereocenters. The highest BCUT2D eigenvalue weighted by Crippen LogP contribution is 2.30. The Hall–Kier alpha value is -1.16. The molecular weight excluding hydrogens is 289 g/mol. The number of carbonyl (C=O) groups excluding carboxylic acids is 1. The summed E-state index contributed by atoms with van der Waals surface area (Å²) in [5.74, 6) is -0.335. The van der Waals surface area contributed by atoms with Crippen molar-refractivity contribution in [2.45, 2.75) is 32.6 Å². The largest absolute Gasteiger partial charge is 0.596 e. The van der Waals surface area contributed by atoms with Crippen LogP contribution >= 0.6 is 18.5 Å². The van der Waals surface area contributed by atoms with Gasteiger partial charge >= 0.3 is 11.7 Å². The lowest BCUT2D eigenvalue weighted by Crippen LogP contribution is -2.41. The molecule has 2 atom stereocenters. The quantitative estimate of drug-likeness (QED) is 0.619.